The van der Waals surface area contributed by atoms with E-state index in [0.29, 0.717) is 0 Å². The molecule has 0 aliphatic heterocycles. The SMILES string of the molecule is CCC(N)c1csc(CC(=O)O)c1. The molecule has 0 bridgehead atoms. The highest BCUT2D eigenvalue weighted by molar-refractivity contribution is 7.10. The Morgan fingerprint density at radius 1 is 1.77 bits per heavy atom. The summed E-state index contributed by atoms with van der Waals surface area (Å²) in [4.78, 5) is 11.3. The van der Waals surface area contributed by atoms with Crippen LogP contribution in [0.1, 0.15) is 29.8 Å². The molecule has 0 saturated carbocycles. The molecule has 13 heavy (non-hydrogen) atoms. The summed E-state index contributed by atoms with van der Waals surface area (Å²) in [7, 11) is 0. The van der Waals surface area contributed by atoms with Crippen LogP contribution in [0.5, 0.6) is 0 Å². The second kappa shape index (κ2) is 4.39. The highest BCUT2D eigenvalue weighted by atomic mass is 32.1. The summed E-state index contributed by atoms with van der Waals surface area (Å²) >= 11 is 1.46. The average molecular weight is 199 g/mol. The van der Waals surface area contributed by atoms with Gasteiger partial charge in [-0.25, -0.2) is 0 Å². The molecule has 1 atom stereocenters. The lowest BCUT2D eigenvalue weighted by molar-refractivity contribution is -0.136. The highest BCUT2D eigenvalue weighted by Gasteiger charge is 2.08. The van der Waals surface area contributed by atoms with Crippen molar-refractivity contribution in [3.8, 4) is 0 Å². The quantitative estimate of drug-likeness (QED) is 0.777. The third kappa shape index (κ3) is 2.82. The maximum absolute atomic E-state index is 10.4. The average Bonchev–Trinajstić information content (AvgIpc) is 2.50. The van der Waals surface area contributed by atoms with Crippen LogP contribution in [0.2, 0.25) is 0 Å². The molecule has 0 aromatic carbocycles. The van der Waals surface area contributed by atoms with Gasteiger partial charge in [0.15, 0.2) is 0 Å². The Morgan fingerprint density at radius 3 is 3.00 bits per heavy atom. The Hall–Kier alpha value is -0.870. The van der Waals surface area contributed by atoms with E-state index in [-0.39, 0.29) is 12.5 Å². The number of thiophene rings is 1. The standard InChI is InChI=1S/C9H13NO2S/c1-2-8(10)6-3-7(13-5-6)4-9(11)12/h3,5,8H,2,4,10H2,1H3,(H,11,12). The van der Waals surface area contributed by atoms with Crippen LogP contribution in [0, 0.1) is 0 Å². The number of nitrogens with two attached hydrogens (primary N) is 1. The van der Waals surface area contributed by atoms with Crippen molar-refractivity contribution in [1.82, 2.24) is 0 Å². The first-order chi connectivity index (χ1) is 6.13. The number of carboxylic acids is 1. The topological polar surface area (TPSA) is 63.3 Å². The zero-order valence-corrected chi connectivity index (χ0v) is 8.30. The van der Waals surface area contributed by atoms with Gasteiger partial charge in [0.05, 0.1) is 6.42 Å². The Bertz CT molecular complexity index is 296. The smallest absolute Gasteiger partial charge is 0.308 e. The molecule has 72 valence electrons. The summed E-state index contributed by atoms with van der Waals surface area (Å²) in [6.45, 7) is 2.01. The molecule has 3 N–H and O–H groups in total. The van der Waals surface area contributed by atoms with Gasteiger partial charge in [-0.1, -0.05) is 6.92 Å². The van der Waals surface area contributed by atoms with Crippen molar-refractivity contribution in [3.05, 3.63) is 21.9 Å². The van der Waals surface area contributed by atoms with Crippen molar-refractivity contribution in [1.29, 1.82) is 0 Å². The van der Waals surface area contributed by atoms with Crippen LogP contribution in [-0.4, -0.2) is 11.1 Å². The zero-order chi connectivity index (χ0) is 9.84. The van der Waals surface area contributed by atoms with E-state index < -0.39 is 5.97 Å². The molecule has 1 unspecified atom stereocenters. The van der Waals surface area contributed by atoms with Crippen molar-refractivity contribution in [2.75, 3.05) is 0 Å². The summed E-state index contributed by atoms with van der Waals surface area (Å²) in [6, 6.07) is 1.92. The highest BCUT2D eigenvalue weighted by Crippen LogP contribution is 2.21. The molecule has 0 aliphatic carbocycles. The second-order valence-corrected chi connectivity index (χ2v) is 3.93. The Morgan fingerprint density at radius 2 is 2.46 bits per heavy atom. The van der Waals surface area contributed by atoms with Crippen LogP contribution >= 0.6 is 11.3 Å². The fourth-order valence-corrected chi connectivity index (χ4v) is 2.01. The first-order valence-corrected chi connectivity index (χ1v) is 5.06. The normalized spacial score (nSPS) is 12.8. The van der Waals surface area contributed by atoms with Gasteiger partial charge in [-0.15, -0.1) is 11.3 Å². The fourth-order valence-electron chi connectivity index (χ4n) is 1.07. The van der Waals surface area contributed by atoms with Crippen molar-refractivity contribution >= 4 is 17.3 Å². The van der Waals surface area contributed by atoms with E-state index in [4.69, 9.17) is 10.8 Å². The van der Waals surface area contributed by atoms with E-state index in [9.17, 15) is 4.79 Å². The second-order valence-electron chi connectivity index (χ2n) is 2.93. The molecular formula is C9H13NO2S. The molecule has 1 heterocycles. The van der Waals surface area contributed by atoms with Gasteiger partial charge in [-0.2, -0.15) is 0 Å². The van der Waals surface area contributed by atoms with Crippen molar-refractivity contribution in [2.24, 2.45) is 5.73 Å². The van der Waals surface area contributed by atoms with Crippen LogP contribution in [0.3, 0.4) is 0 Å². The van der Waals surface area contributed by atoms with E-state index in [0.717, 1.165) is 16.9 Å². The molecule has 1 aromatic heterocycles. The third-order valence-corrected chi connectivity index (χ3v) is 2.82. The number of hydrogen-bond acceptors (Lipinski definition) is 3. The lowest BCUT2D eigenvalue weighted by atomic mass is 10.1. The van der Waals surface area contributed by atoms with Gasteiger partial charge in [-0.05, 0) is 23.4 Å². The molecule has 0 radical (unpaired) electrons. The monoisotopic (exact) mass is 199 g/mol. The number of rotatable bonds is 4. The van der Waals surface area contributed by atoms with Crippen LogP contribution < -0.4 is 5.73 Å². The van der Waals surface area contributed by atoms with Crippen molar-refractivity contribution in [3.63, 3.8) is 0 Å². The number of carboxylic acid groups (broad SMARTS) is 1. The molecule has 0 fully saturated rings. The Balaban J connectivity index is 2.68. The van der Waals surface area contributed by atoms with Crippen molar-refractivity contribution in [2.45, 2.75) is 25.8 Å². The van der Waals surface area contributed by atoms with E-state index in [1.165, 1.54) is 11.3 Å². The predicted octanol–water partition coefficient (Wildman–Crippen LogP) is 1.79. The van der Waals surface area contributed by atoms with Gasteiger partial charge in [-0.3, -0.25) is 4.79 Å². The third-order valence-electron chi connectivity index (χ3n) is 1.87. The van der Waals surface area contributed by atoms with Crippen LogP contribution in [0.25, 0.3) is 0 Å². The maximum Gasteiger partial charge on any atom is 0.308 e. The summed E-state index contributed by atoms with van der Waals surface area (Å²) in [5.74, 6) is -0.793. The van der Waals surface area contributed by atoms with Gasteiger partial charge in [0.25, 0.3) is 0 Å². The van der Waals surface area contributed by atoms with Crippen LogP contribution in [0.15, 0.2) is 11.4 Å². The molecule has 0 aliphatic rings. The van der Waals surface area contributed by atoms with Gasteiger partial charge < -0.3 is 10.8 Å². The van der Waals surface area contributed by atoms with Crippen LogP contribution in [-0.2, 0) is 11.2 Å². The number of aliphatic carboxylic acids is 1. The van der Waals surface area contributed by atoms with E-state index in [1.54, 1.807) is 0 Å². The molecular weight excluding hydrogens is 186 g/mol. The van der Waals surface area contributed by atoms with Gasteiger partial charge in [0.2, 0.25) is 0 Å². The minimum atomic E-state index is -0.793. The molecule has 1 rings (SSSR count). The predicted molar refractivity (Wildman–Crippen MR) is 52.9 cm³/mol. The molecule has 4 heteroatoms. The van der Waals surface area contributed by atoms with Gasteiger partial charge in [0.1, 0.15) is 0 Å². The first kappa shape index (κ1) is 10.2. The number of carbonyl (C=O) groups is 1. The molecule has 3 nitrogen and oxygen atoms in total. The summed E-state index contributed by atoms with van der Waals surface area (Å²) in [5, 5.41) is 10.5. The van der Waals surface area contributed by atoms with E-state index in [1.807, 2.05) is 18.4 Å². The molecule has 0 spiro atoms. The summed E-state index contributed by atoms with van der Waals surface area (Å²) in [5.41, 5.74) is 6.84. The minimum absolute atomic E-state index is 0.0406. The largest absolute Gasteiger partial charge is 0.481 e. The zero-order valence-electron chi connectivity index (χ0n) is 7.49. The molecule has 0 amide bonds. The van der Waals surface area contributed by atoms with Crippen molar-refractivity contribution < 1.29 is 9.90 Å². The minimum Gasteiger partial charge on any atom is -0.481 e. The van der Waals surface area contributed by atoms with Crippen LogP contribution in [0.4, 0.5) is 0 Å². The van der Waals surface area contributed by atoms with E-state index >= 15 is 0 Å². The van der Waals surface area contributed by atoms with E-state index in [2.05, 4.69) is 0 Å². The fraction of sp³-hybridized carbons (Fsp3) is 0.444. The lowest BCUT2D eigenvalue weighted by Crippen LogP contribution is -2.07. The first-order valence-electron chi connectivity index (χ1n) is 4.18. The summed E-state index contributed by atoms with van der Waals surface area (Å²) in [6.07, 6.45) is 0.977. The van der Waals surface area contributed by atoms with Gasteiger partial charge in [0, 0.05) is 10.9 Å². The Labute approximate surface area is 81.2 Å². The number of hydrogen-bond donors (Lipinski definition) is 2. The maximum atomic E-state index is 10.4. The van der Waals surface area contributed by atoms with Gasteiger partial charge >= 0.3 is 5.97 Å². The molecule has 1 aromatic rings. The lowest BCUT2D eigenvalue weighted by Gasteiger charge is -2.03. The summed E-state index contributed by atoms with van der Waals surface area (Å²) < 4.78 is 0. The molecule has 0 saturated heterocycles. The Kier molecular flexibility index (Phi) is 3.45.